The molecule has 0 bridgehead atoms. The summed E-state index contributed by atoms with van der Waals surface area (Å²) in [6.07, 6.45) is 2.43. The van der Waals surface area contributed by atoms with Crippen LogP contribution in [0.2, 0.25) is 0 Å². The molecular formula is C17H14N4O6. The quantitative estimate of drug-likeness (QED) is 0.188. The maximum absolute atomic E-state index is 12.1. The van der Waals surface area contributed by atoms with Crippen molar-refractivity contribution >= 4 is 23.7 Å². The zero-order valence-electron chi connectivity index (χ0n) is 14.4. The number of benzene rings is 1. The molecule has 0 atom stereocenters. The first-order valence-electron chi connectivity index (χ1n) is 7.65. The number of nitro groups is 1. The van der Waals surface area contributed by atoms with Crippen molar-refractivity contribution in [2.75, 3.05) is 6.61 Å². The highest BCUT2D eigenvalue weighted by molar-refractivity contribution is 5.98. The number of ether oxygens (including phenoxy) is 2. The first-order chi connectivity index (χ1) is 12.8. The number of hydrogen-bond donors (Lipinski definition) is 0. The molecule has 10 nitrogen and oxygen atoms in total. The normalized spacial score (nSPS) is 10.8. The van der Waals surface area contributed by atoms with E-state index in [1.54, 1.807) is 13.0 Å². The first-order valence-corrected chi connectivity index (χ1v) is 7.65. The smallest absolute Gasteiger partial charge is 0.371 e. The summed E-state index contributed by atoms with van der Waals surface area (Å²) >= 11 is 0. The maximum Gasteiger partial charge on any atom is 0.371 e. The molecule has 1 aromatic carbocycles. The Morgan fingerprint density at radius 3 is 2.59 bits per heavy atom. The zero-order valence-corrected chi connectivity index (χ0v) is 14.4. The third-order valence-corrected chi connectivity index (χ3v) is 3.22. The monoisotopic (exact) mass is 370 g/mol. The average Bonchev–Trinajstić information content (AvgIpc) is 3.03. The Balaban J connectivity index is 2.16. The molecule has 138 valence electrons. The second kappa shape index (κ2) is 8.39. The van der Waals surface area contributed by atoms with Crippen LogP contribution in [0.25, 0.3) is 6.08 Å². The number of nitrogens with zero attached hydrogens (tertiary/aromatic N) is 4. The van der Waals surface area contributed by atoms with E-state index in [0.717, 1.165) is 10.9 Å². The van der Waals surface area contributed by atoms with Crippen molar-refractivity contribution in [1.29, 1.82) is 5.26 Å². The molecule has 0 N–H and O–H groups in total. The third-order valence-electron chi connectivity index (χ3n) is 3.22. The van der Waals surface area contributed by atoms with Gasteiger partial charge in [0.05, 0.1) is 11.5 Å². The highest BCUT2D eigenvalue weighted by Gasteiger charge is 2.26. The van der Waals surface area contributed by atoms with Gasteiger partial charge in [0.25, 0.3) is 0 Å². The Labute approximate surface area is 153 Å². The SMILES string of the molecule is CCOC(=O)C(C#N)=Cc1ccc(OC(=O)c2nn(C)cc2[N+](=O)[O-])cc1. The molecule has 0 aliphatic carbocycles. The van der Waals surface area contributed by atoms with Crippen molar-refractivity contribution in [2.45, 2.75) is 6.92 Å². The van der Waals surface area contributed by atoms with Crippen LogP contribution >= 0.6 is 0 Å². The number of carbonyl (C=O) groups is 2. The van der Waals surface area contributed by atoms with E-state index in [4.69, 9.17) is 14.7 Å². The van der Waals surface area contributed by atoms with E-state index in [9.17, 15) is 19.7 Å². The largest absolute Gasteiger partial charge is 0.462 e. The fourth-order valence-electron chi connectivity index (χ4n) is 2.05. The van der Waals surface area contributed by atoms with E-state index in [1.807, 2.05) is 0 Å². The molecule has 0 amide bonds. The van der Waals surface area contributed by atoms with Crippen molar-refractivity contribution in [3.05, 3.63) is 57.4 Å². The fourth-order valence-corrected chi connectivity index (χ4v) is 2.05. The summed E-state index contributed by atoms with van der Waals surface area (Å²) in [4.78, 5) is 33.9. The van der Waals surface area contributed by atoms with Crippen molar-refractivity contribution in [3.63, 3.8) is 0 Å². The number of rotatable bonds is 6. The summed E-state index contributed by atoms with van der Waals surface area (Å²) in [6, 6.07) is 7.59. The van der Waals surface area contributed by atoms with Crippen molar-refractivity contribution < 1.29 is 24.0 Å². The minimum absolute atomic E-state index is 0.117. The minimum Gasteiger partial charge on any atom is -0.462 e. The summed E-state index contributed by atoms with van der Waals surface area (Å²) in [6.45, 7) is 1.77. The number of carbonyl (C=O) groups excluding carboxylic acids is 2. The van der Waals surface area contributed by atoms with Crippen molar-refractivity contribution in [1.82, 2.24) is 9.78 Å². The summed E-state index contributed by atoms with van der Waals surface area (Å²) in [5, 5.41) is 23.7. The first kappa shape index (κ1) is 19.3. The molecule has 1 heterocycles. The molecule has 2 aromatic rings. The lowest BCUT2D eigenvalue weighted by molar-refractivity contribution is -0.385. The molecule has 2 rings (SSSR count). The van der Waals surface area contributed by atoms with Crippen LogP contribution in [-0.4, -0.2) is 33.2 Å². The van der Waals surface area contributed by atoms with E-state index in [1.165, 1.54) is 37.4 Å². The molecule has 0 fully saturated rings. The van der Waals surface area contributed by atoms with Crippen molar-refractivity contribution in [2.24, 2.45) is 7.05 Å². The third kappa shape index (κ3) is 4.76. The van der Waals surface area contributed by atoms with Gasteiger partial charge in [-0.05, 0) is 30.7 Å². The van der Waals surface area contributed by atoms with Gasteiger partial charge in [-0.25, -0.2) is 9.59 Å². The lowest BCUT2D eigenvalue weighted by atomic mass is 10.1. The van der Waals surface area contributed by atoms with Gasteiger partial charge < -0.3 is 9.47 Å². The number of aryl methyl sites for hydroxylation is 1. The fraction of sp³-hybridized carbons (Fsp3) is 0.176. The van der Waals surface area contributed by atoms with Gasteiger partial charge in [0.2, 0.25) is 5.69 Å². The number of hydrogen-bond acceptors (Lipinski definition) is 8. The standard InChI is InChI=1S/C17H14N4O6/c1-3-26-16(22)12(9-18)8-11-4-6-13(7-5-11)27-17(23)15-14(21(24)25)10-20(2)19-15/h4-8,10H,3H2,1-2H3. The Kier molecular flexibility index (Phi) is 6.01. The Hall–Kier alpha value is -4.00. The molecule has 0 radical (unpaired) electrons. The van der Waals surface area contributed by atoms with Crippen LogP contribution in [0.5, 0.6) is 5.75 Å². The van der Waals surface area contributed by atoms with Gasteiger partial charge in [0.15, 0.2) is 0 Å². The maximum atomic E-state index is 12.1. The Morgan fingerprint density at radius 1 is 1.37 bits per heavy atom. The lowest BCUT2D eigenvalue weighted by Gasteiger charge is -2.03. The molecule has 27 heavy (non-hydrogen) atoms. The molecule has 0 aliphatic heterocycles. The van der Waals surface area contributed by atoms with Crippen LogP contribution in [-0.2, 0) is 16.6 Å². The Bertz CT molecular complexity index is 953. The second-order valence-electron chi connectivity index (χ2n) is 5.14. The molecule has 0 spiro atoms. The van der Waals surface area contributed by atoms with Crippen LogP contribution in [0, 0.1) is 21.4 Å². The van der Waals surface area contributed by atoms with Crippen LogP contribution in [0.15, 0.2) is 36.0 Å². The van der Waals surface area contributed by atoms with Gasteiger partial charge in [0.1, 0.15) is 23.6 Å². The number of esters is 2. The van der Waals surface area contributed by atoms with E-state index >= 15 is 0 Å². The van der Waals surface area contributed by atoms with E-state index < -0.39 is 28.2 Å². The molecular weight excluding hydrogens is 356 g/mol. The van der Waals surface area contributed by atoms with Gasteiger partial charge >= 0.3 is 17.6 Å². The molecule has 0 saturated heterocycles. The minimum atomic E-state index is -0.977. The second-order valence-corrected chi connectivity index (χ2v) is 5.14. The van der Waals surface area contributed by atoms with Crippen LogP contribution in [0.1, 0.15) is 23.0 Å². The van der Waals surface area contributed by atoms with Crippen LogP contribution in [0.4, 0.5) is 5.69 Å². The summed E-state index contributed by atoms with van der Waals surface area (Å²) in [5.74, 6) is -1.60. The van der Waals surface area contributed by atoms with E-state index in [0.29, 0.717) is 5.56 Å². The molecule has 10 heteroatoms. The predicted octanol–water partition coefficient (Wildman–Crippen LogP) is 2.02. The van der Waals surface area contributed by atoms with Gasteiger partial charge in [0, 0.05) is 7.05 Å². The van der Waals surface area contributed by atoms with Gasteiger partial charge in [-0.1, -0.05) is 12.1 Å². The van der Waals surface area contributed by atoms with Gasteiger partial charge in [-0.3, -0.25) is 14.8 Å². The molecule has 0 aliphatic rings. The zero-order chi connectivity index (χ0) is 20.0. The average molecular weight is 370 g/mol. The van der Waals surface area contributed by atoms with Crippen LogP contribution in [0.3, 0.4) is 0 Å². The van der Waals surface area contributed by atoms with Crippen LogP contribution < -0.4 is 4.74 Å². The Morgan fingerprint density at radius 2 is 2.04 bits per heavy atom. The van der Waals surface area contributed by atoms with E-state index in [2.05, 4.69) is 5.10 Å². The summed E-state index contributed by atoms with van der Waals surface area (Å²) < 4.78 is 11.0. The number of nitriles is 1. The number of aromatic nitrogens is 2. The highest BCUT2D eigenvalue weighted by Crippen LogP contribution is 2.20. The summed E-state index contributed by atoms with van der Waals surface area (Å²) in [7, 11) is 1.45. The predicted molar refractivity (Wildman–Crippen MR) is 91.5 cm³/mol. The van der Waals surface area contributed by atoms with Crippen molar-refractivity contribution in [3.8, 4) is 11.8 Å². The topological polar surface area (TPSA) is 137 Å². The summed E-state index contributed by atoms with van der Waals surface area (Å²) in [5.41, 5.74) is -0.551. The molecule has 0 unspecified atom stereocenters. The molecule has 0 saturated carbocycles. The highest BCUT2D eigenvalue weighted by atomic mass is 16.6. The van der Waals surface area contributed by atoms with Gasteiger partial charge in [-0.2, -0.15) is 10.4 Å². The molecule has 1 aromatic heterocycles. The van der Waals surface area contributed by atoms with E-state index in [-0.39, 0.29) is 17.9 Å². The van der Waals surface area contributed by atoms with Gasteiger partial charge in [-0.15, -0.1) is 0 Å². The lowest BCUT2D eigenvalue weighted by Crippen LogP contribution is -2.11.